The minimum atomic E-state index is -1.10. The van der Waals surface area contributed by atoms with E-state index in [1.54, 1.807) is 25.1 Å². The van der Waals surface area contributed by atoms with Gasteiger partial charge in [0, 0.05) is 6.07 Å². The van der Waals surface area contributed by atoms with Gasteiger partial charge in [-0.3, -0.25) is 10.1 Å². The second kappa shape index (κ2) is 8.10. The molecule has 0 saturated heterocycles. The average molecular weight is 341 g/mol. The minimum absolute atomic E-state index is 0.0705. The Labute approximate surface area is 145 Å². The van der Waals surface area contributed by atoms with Gasteiger partial charge in [-0.15, -0.1) is 0 Å². The number of rotatable bonds is 7. The van der Waals surface area contributed by atoms with Crippen LogP contribution in [-0.2, 0) is 11.2 Å². The number of nitrogens with zero attached hydrogens (tertiary/aromatic N) is 1. The molecule has 130 valence electrons. The van der Waals surface area contributed by atoms with Crippen molar-refractivity contribution in [3.8, 4) is 5.75 Å². The van der Waals surface area contributed by atoms with Crippen molar-refractivity contribution in [1.82, 2.24) is 0 Å². The fourth-order valence-corrected chi connectivity index (χ4v) is 2.40. The number of benzene rings is 2. The third-order valence-electron chi connectivity index (χ3n) is 3.69. The number of aliphatic carboxylic acids is 1. The Kier molecular flexibility index (Phi) is 5.89. The summed E-state index contributed by atoms with van der Waals surface area (Å²) in [5, 5.41) is 20.7. The Bertz CT molecular complexity index is 809. The minimum Gasteiger partial charge on any atom is -0.487 e. The summed E-state index contributed by atoms with van der Waals surface area (Å²) < 4.78 is 5.24. The molecule has 0 aliphatic heterocycles. The van der Waals surface area contributed by atoms with E-state index in [9.17, 15) is 20.0 Å². The number of nitro benzene ring substituents is 1. The normalized spacial score (nSPS) is 11.2. The van der Waals surface area contributed by atoms with E-state index in [-0.39, 0.29) is 17.0 Å². The molecule has 0 atom stereocenters. The molecule has 0 saturated carbocycles. The molecule has 0 aliphatic rings. The Morgan fingerprint density at radius 3 is 2.40 bits per heavy atom. The number of hydrogen-bond acceptors (Lipinski definition) is 4. The highest BCUT2D eigenvalue weighted by molar-refractivity contribution is 6.20. The van der Waals surface area contributed by atoms with E-state index >= 15 is 0 Å². The van der Waals surface area contributed by atoms with Crippen LogP contribution in [0.2, 0.25) is 0 Å². The van der Waals surface area contributed by atoms with Crippen molar-refractivity contribution < 1.29 is 19.6 Å². The van der Waals surface area contributed by atoms with E-state index in [0.717, 1.165) is 12.0 Å². The molecule has 2 aromatic carbocycles. The van der Waals surface area contributed by atoms with Gasteiger partial charge in [0.1, 0.15) is 0 Å². The zero-order chi connectivity index (χ0) is 18.4. The van der Waals surface area contributed by atoms with Crippen LogP contribution in [0.15, 0.2) is 42.5 Å². The van der Waals surface area contributed by atoms with E-state index in [4.69, 9.17) is 4.74 Å². The number of carboxylic acid groups (broad SMARTS) is 1. The summed E-state index contributed by atoms with van der Waals surface area (Å²) in [5.41, 5.74) is 1.95. The quantitative estimate of drug-likeness (QED) is 0.353. The Morgan fingerprint density at radius 1 is 1.20 bits per heavy atom. The van der Waals surface area contributed by atoms with Crippen LogP contribution in [0.4, 0.5) is 5.69 Å². The Morgan fingerprint density at radius 2 is 1.88 bits per heavy atom. The van der Waals surface area contributed by atoms with Crippen molar-refractivity contribution in [2.24, 2.45) is 0 Å². The third-order valence-corrected chi connectivity index (χ3v) is 3.69. The van der Waals surface area contributed by atoms with Crippen molar-refractivity contribution in [2.45, 2.75) is 20.3 Å². The summed E-state index contributed by atoms with van der Waals surface area (Å²) in [4.78, 5) is 22.3. The van der Waals surface area contributed by atoms with Gasteiger partial charge >= 0.3 is 11.7 Å². The highest BCUT2D eigenvalue weighted by Crippen LogP contribution is 2.30. The number of carbonyl (C=O) groups is 1. The van der Waals surface area contributed by atoms with Gasteiger partial charge in [0.15, 0.2) is 5.75 Å². The van der Waals surface area contributed by atoms with Gasteiger partial charge in [0.25, 0.3) is 0 Å². The number of aryl methyl sites for hydroxylation is 1. The molecular formula is C19H19NO5. The summed E-state index contributed by atoms with van der Waals surface area (Å²) in [7, 11) is 0. The molecular weight excluding hydrogens is 322 g/mol. The smallest absolute Gasteiger partial charge is 0.336 e. The monoisotopic (exact) mass is 341 g/mol. The molecule has 0 aliphatic carbocycles. The van der Waals surface area contributed by atoms with Crippen LogP contribution in [-0.4, -0.2) is 22.6 Å². The highest BCUT2D eigenvalue weighted by Gasteiger charge is 2.17. The SMILES string of the molecule is CCOc1ccc(/C=C(\C(=O)O)c2ccc(CC)cc2)cc1[N+](=O)[O-]. The van der Waals surface area contributed by atoms with Crippen LogP contribution in [0, 0.1) is 10.1 Å². The lowest BCUT2D eigenvalue weighted by Crippen LogP contribution is -2.01. The molecule has 0 bridgehead atoms. The fourth-order valence-electron chi connectivity index (χ4n) is 2.40. The van der Waals surface area contributed by atoms with E-state index in [0.29, 0.717) is 17.7 Å². The zero-order valence-corrected chi connectivity index (χ0v) is 14.1. The molecule has 6 heteroatoms. The summed E-state index contributed by atoms with van der Waals surface area (Å²) in [6.07, 6.45) is 2.28. The number of ether oxygens (including phenoxy) is 1. The predicted molar refractivity (Wildman–Crippen MR) is 95.6 cm³/mol. The van der Waals surface area contributed by atoms with Gasteiger partial charge in [-0.2, -0.15) is 0 Å². The molecule has 2 rings (SSSR count). The molecule has 2 aromatic rings. The van der Waals surface area contributed by atoms with Crippen LogP contribution in [0.3, 0.4) is 0 Å². The molecule has 0 radical (unpaired) electrons. The maximum Gasteiger partial charge on any atom is 0.336 e. The molecule has 6 nitrogen and oxygen atoms in total. The van der Waals surface area contributed by atoms with Crippen molar-refractivity contribution in [1.29, 1.82) is 0 Å². The molecule has 0 aromatic heterocycles. The van der Waals surface area contributed by atoms with Crippen molar-refractivity contribution >= 4 is 23.3 Å². The van der Waals surface area contributed by atoms with E-state index in [1.807, 2.05) is 19.1 Å². The summed E-state index contributed by atoms with van der Waals surface area (Å²) >= 11 is 0. The Hall–Kier alpha value is -3.15. The third kappa shape index (κ3) is 4.44. The van der Waals surface area contributed by atoms with Crippen LogP contribution >= 0.6 is 0 Å². The maximum atomic E-state index is 11.6. The fraction of sp³-hybridized carbons (Fsp3) is 0.211. The lowest BCUT2D eigenvalue weighted by Gasteiger charge is -2.07. The van der Waals surface area contributed by atoms with Crippen molar-refractivity contribution in [3.63, 3.8) is 0 Å². The molecule has 0 amide bonds. The van der Waals surface area contributed by atoms with E-state index in [2.05, 4.69) is 0 Å². The van der Waals surface area contributed by atoms with Gasteiger partial charge < -0.3 is 9.84 Å². The molecule has 0 fully saturated rings. The molecule has 0 heterocycles. The predicted octanol–water partition coefficient (Wildman–Crippen LogP) is 4.18. The van der Waals surface area contributed by atoms with Crippen LogP contribution in [0.25, 0.3) is 11.6 Å². The van der Waals surface area contributed by atoms with Gasteiger partial charge in [0.05, 0.1) is 17.1 Å². The first kappa shape index (κ1) is 18.2. The first-order valence-electron chi connectivity index (χ1n) is 7.91. The average Bonchev–Trinajstić information content (AvgIpc) is 2.60. The Balaban J connectivity index is 2.47. The first-order chi connectivity index (χ1) is 12.0. The maximum absolute atomic E-state index is 11.6. The standard InChI is InChI=1S/C19H19NO5/c1-3-13-5-8-15(9-6-13)16(19(21)22)11-14-7-10-18(25-4-2)17(12-14)20(23)24/h5-12H,3-4H2,1-2H3,(H,21,22)/b16-11-. The second-order valence-corrected chi connectivity index (χ2v) is 5.33. The van der Waals surface area contributed by atoms with Gasteiger partial charge in [-0.1, -0.05) is 37.3 Å². The van der Waals surface area contributed by atoms with Crippen LogP contribution < -0.4 is 4.74 Å². The summed E-state index contributed by atoms with van der Waals surface area (Å²) in [6.45, 7) is 4.06. The number of hydrogen-bond donors (Lipinski definition) is 1. The lowest BCUT2D eigenvalue weighted by atomic mass is 10.0. The summed E-state index contributed by atoms with van der Waals surface area (Å²) in [6, 6.07) is 11.6. The second-order valence-electron chi connectivity index (χ2n) is 5.33. The van der Waals surface area contributed by atoms with Gasteiger partial charge in [-0.05, 0) is 42.2 Å². The topological polar surface area (TPSA) is 89.7 Å². The van der Waals surface area contributed by atoms with Gasteiger partial charge in [-0.25, -0.2) is 4.79 Å². The lowest BCUT2D eigenvalue weighted by molar-refractivity contribution is -0.385. The van der Waals surface area contributed by atoms with Crippen molar-refractivity contribution in [3.05, 3.63) is 69.3 Å². The first-order valence-corrected chi connectivity index (χ1v) is 7.91. The largest absolute Gasteiger partial charge is 0.487 e. The highest BCUT2D eigenvalue weighted by atomic mass is 16.6. The van der Waals surface area contributed by atoms with E-state index < -0.39 is 10.9 Å². The molecule has 0 spiro atoms. The molecule has 0 unspecified atom stereocenters. The zero-order valence-electron chi connectivity index (χ0n) is 14.1. The van der Waals surface area contributed by atoms with Crippen LogP contribution in [0.1, 0.15) is 30.5 Å². The van der Waals surface area contributed by atoms with Gasteiger partial charge in [0.2, 0.25) is 0 Å². The summed E-state index contributed by atoms with van der Waals surface area (Å²) in [5.74, 6) is -0.936. The van der Waals surface area contributed by atoms with Crippen molar-refractivity contribution in [2.75, 3.05) is 6.61 Å². The molecule has 25 heavy (non-hydrogen) atoms. The van der Waals surface area contributed by atoms with E-state index in [1.165, 1.54) is 18.2 Å². The molecule has 1 N–H and O–H groups in total. The number of nitro groups is 1. The number of carboxylic acids is 1. The van der Waals surface area contributed by atoms with Crippen LogP contribution in [0.5, 0.6) is 5.75 Å².